The van der Waals surface area contributed by atoms with E-state index in [0.29, 0.717) is 0 Å². The van der Waals surface area contributed by atoms with E-state index in [9.17, 15) is 0 Å². The van der Waals surface area contributed by atoms with Gasteiger partial charge in [-0.05, 0) is 30.3 Å². The van der Waals surface area contributed by atoms with Crippen molar-refractivity contribution in [1.29, 1.82) is 0 Å². The third kappa shape index (κ3) is 0.967. The van der Waals surface area contributed by atoms with Crippen LogP contribution in [0, 0.1) is 0 Å². The highest BCUT2D eigenvalue weighted by Crippen LogP contribution is 2.40. The summed E-state index contributed by atoms with van der Waals surface area (Å²) < 4.78 is 37.4. The molecule has 1 fully saturated rings. The minimum atomic E-state index is -2.25. The lowest BCUT2D eigenvalue weighted by Crippen LogP contribution is -1.79. The predicted octanol–water partition coefficient (Wildman–Crippen LogP) is 1.66. The quantitative estimate of drug-likeness (QED) is 0.643. The summed E-state index contributed by atoms with van der Waals surface area (Å²) >= 11 is 0. The molecule has 0 spiro atoms. The topological polar surface area (TPSA) is 33.1 Å². The van der Waals surface area contributed by atoms with Crippen molar-refractivity contribution in [3.05, 3.63) is 24.0 Å². The Bertz CT molecular complexity index is 405. The van der Waals surface area contributed by atoms with Crippen LogP contribution in [-0.2, 0) is 0 Å². The van der Waals surface area contributed by atoms with E-state index in [1.165, 1.54) is 12.3 Å². The highest BCUT2D eigenvalue weighted by molar-refractivity contribution is 5.27. The molecule has 1 aliphatic carbocycles. The molecule has 1 heterocycles. The third-order valence-corrected chi connectivity index (χ3v) is 1.26. The molecule has 2 heteroatoms. The molecule has 10 heavy (non-hydrogen) atoms. The lowest BCUT2D eigenvalue weighted by Gasteiger charge is -1.95. The van der Waals surface area contributed by atoms with E-state index in [2.05, 4.69) is 4.98 Å². The third-order valence-electron chi connectivity index (χ3n) is 1.26. The molecule has 0 aromatic carbocycles. The number of rotatable bonds is 1. The molecule has 1 aromatic rings. The molecular weight excluding hydrogens is 126 g/mol. The van der Waals surface area contributed by atoms with Crippen LogP contribution >= 0.6 is 0 Å². The van der Waals surface area contributed by atoms with Gasteiger partial charge in [-0.3, -0.25) is 4.98 Å². The maximum Gasteiger partial charge on any atom is 0.134 e. The lowest BCUT2D eigenvalue weighted by molar-refractivity contribution is 0.471. The molecule has 1 N–H and O–H groups in total. The van der Waals surface area contributed by atoms with Gasteiger partial charge in [-0.2, -0.15) is 0 Å². The van der Waals surface area contributed by atoms with E-state index in [0.717, 1.165) is 6.20 Å². The van der Waals surface area contributed by atoms with E-state index in [-0.39, 0.29) is 11.3 Å². The second-order valence-corrected chi connectivity index (χ2v) is 2.06. The second kappa shape index (κ2) is 1.97. The van der Waals surface area contributed by atoms with Crippen molar-refractivity contribution in [3.63, 3.8) is 0 Å². The summed E-state index contributed by atoms with van der Waals surface area (Å²) in [5.41, 5.74) is 0.0532. The molecule has 52 valence electrons. The van der Waals surface area contributed by atoms with Gasteiger partial charge in [-0.1, -0.05) is 0 Å². The zero-order chi connectivity index (χ0) is 11.5. The van der Waals surface area contributed by atoms with Gasteiger partial charge >= 0.3 is 0 Å². The highest BCUT2D eigenvalue weighted by Gasteiger charge is 2.23. The first kappa shape index (κ1) is 2.53. The number of aromatic nitrogens is 1. The van der Waals surface area contributed by atoms with Crippen LogP contribution in [0.25, 0.3) is 0 Å². The molecule has 0 aliphatic heterocycles. The molecular formula is C8H9NO. The summed E-state index contributed by atoms with van der Waals surface area (Å²) in [6.45, 7) is 0. The van der Waals surface area contributed by atoms with Crippen LogP contribution < -0.4 is 0 Å². The SMILES string of the molecule is [2H]C1([2H])C([2H])([2H])C1([2H])c1cncc(O)c1. The molecule has 2 nitrogen and oxygen atoms in total. The maximum absolute atomic E-state index is 9.15. The summed E-state index contributed by atoms with van der Waals surface area (Å²) in [6.07, 6.45) is -2.15. The predicted molar refractivity (Wildman–Crippen MR) is 37.9 cm³/mol. The Morgan fingerprint density at radius 3 is 3.10 bits per heavy atom. The van der Waals surface area contributed by atoms with Crippen molar-refractivity contribution >= 4 is 0 Å². The summed E-state index contributed by atoms with van der Waals surface area (Å²) in [5, 5.41) is 9.15. The fourth-order valence-corrected chi connectivity index (χ4v) is 0.740. The number of pyridine rings is 1. The van der Waals surface area contributed by atoms with Gasteiger partial charge in [-0.15, -0.1) is 0 Å². The number of hydrogen-bond acceptors (Lipinski definition) is 2. The molecule has 1 aromatic heterocycles. The van der Waals surface area contributed by atoms with Crippen LogP contribution in [-0.4, -0.2) is 10.1 Å². The van der Waals surface area contributed by atoms with E-state index in [4.69, 9.17) is 12.0 Å². The van der Waals surface area contributed by atoms with Gasteiger partial charge in [0.25, 0.3) is 0 Å². The van der Waals surface area contributed by atoms with Gasteiger partial charge in [0.15, 0.2) is 0 Å². The number of aromatic hydroxyl groups is 1. The molecule has 0 atom stereocenters. The van der Waals surface area contributed by atoms with E-state index < -0.39 is 18.6 Å². The fraction of sp³-hybridized carbons (Fsp3) is 0.375. The zero-order valence-electron chi connectivity index (χ0n) is 10.1. The second-order valence-electron chi connectivity index (χ2n) is 2.06. The van der Waals surface area contributed by atoms with Crippen LogP contribution in [0.2, 0.25) is 0 Å². The molecule has 0 radical (unpaired) electrons. The van der Waals surface area contributed by atoms with Gasteiger partial charge in [0.1, 0.15) is 5.75 Å². The van der Waals surface area contributed by atoms with Crippen LogP contribution in [0.5, 0.6) is 5.75 Å². The molecule has 0 saturated heterocycles. The monoisotopic (exact) mass is 140 g/mol. The van der Waals surface area contributed by atoms with Gasteiger partial charge < -0.3 is 5.11 Å². The largest absolute Gasteiger partial charge is 0.506 e. The Morgan fingerprint density at radius 1 is 1.70 bits per heavy atom. The number of hydrogen-bond donors (Lipinski definition) is 1. The lowest BCUT2D eigenvalue weighted by atomic mass is 10.2. The van der Waals surface area contributed by atoms with Gasteiger partial charge in [0.2, 0.25) is 0 Å². The van der Waals surface area contributed by atoms with E-state index in [1.807, 2.05) is 0 Å². The zero-order valence-corrected chi connectivity index (χ0v) is 5.13. The van der Waals surface area contributed by atoms with Crippen molar-refractivity contribution in [2.45, 2.75) is 18.6 Å². The molecule has 2 rings (SSSR count). The summed E-state index contributed by atoms with van der Waals surface area (Å²) in [6, 6.07) is 1.17. The highest BCUT2D eigenvalue weighted by atomic mass is 16.3. The molecule has 0 bridgehead atoms. The molecule has 0 amide bonds. The average molecular weight is 140 g/mol. The van der Waals surface area contributed by atoms with Crippen molar-refractivity contribution in [3.8, 4) is 5.75 Å². The fourth-order valence-electron chi connectivity index (χ4n) is 0.740. The number of nitrogens with zero attached hydrogens (tertiary/aromatic N) is 1. The maximum atomic E-state index is 9.15. The van der Waals surface area contributed by atoms with Crippen molar-refractivity contribution in [2.75, 3.05) is 0 Å². The summed E-state index contributed by atoms with van der Waals surface area (Å²) in [4.78, 5) is 3.62. The Morgan fingerprint density at radius 2 is 2.50 bits per heavy atom. The van der Waals surface area contributed by atoms with E-state index in [1.54, 1.807) is 0 Å². The van der Waals surface area contributed by atoms with Crippen LogP contribution in [0.3, 0.4) is 0 Å². The van der Waals surface area contributed by atoms with Crippen molar-refractivity contribution in [2.24, 2.45) is 0 Å². The first-order valence-electron chi connectivity index (χ1n) is 5.39. The summed E-state index contributed by atoms with van der Waals surface area (Å²) in [7, 11) is 0. The van der Waals surface area contributed by atoms with Crippen LogP contribution in [0.4, 0.5) is 0 Å². The molecule has 1 saturated carbocycles. The van der Waals surface area contributed by atoms with Gasteiger partial charge in [-0.25, -0.2) is 0 Å². The first-order valence-corrected chi connectivity index (χ1v) is 2.89. The van der Waals surface area contributed by atoms with Crippen molar-refractivity contribution < 1.29 is 12.0 Å². The smallest absolute Gasteiger partial charge is 0.134 e. The van der Waals surface area contributed by atoms with E-state index >= 15 is 0 Å². The molecule has 0 unspecified atom stereocenters. The molecule has 1 aliphatic rings. The minimum Gasteiger partial charge on any atom is -0.506 e. The first-order chi connectivity index (χ1) is 6.75. The Hall–Kier alpha value is -1.05. The summed E-state index contributed by atoms with van der Waals surface area (Å²) in [5.74, 6) is -2.18. The van der Waals surface area contributed by atoms with Gasteiger partial charge in [0.05, 0.1) is 6.20 Å². The Kier molecular flexibility index (Phi) is 0.499. The van der Waals surface area contributed by atoms with Gasteiger partial charge in [0, 0.05) is 13.1 Å². The Balaban J connectivity index is 2.51. The normalized spacial score (nSPS) is 37.8. The standard InChI is InChI=1S/C8H9NO/c10-8-3-7(4-9-5-8)6-1-2-6/h3-6,10H,1-2H2/i1D2,2D2,6D. The van der Waals surface area contributed by atoms with Crippen LogP contribution in [0.15, 0.2) is 18.5 Å². The minimum absolute atomic E-state index is 0.0532. The average Bonchev–Trinajstić information content (AvgIpc) is 2.45. The Labute approximate surface area is 66.6 Å². The van der Waals surface area contributed by atoms with Crippen LogP contribution in [0.1, 0.15) is 31.1 Å². The van der Waals surface area contributed by atoms with Crippen molar-refractivity contribution in [1.82, 2.24) is 4.98 Å².